The number of aliphatic hydroxyl groups excluding tert-OH is 1. The zero-order chi connectivity index (χ0) is 13.7. The zero-order valence-electron chi connectivity index (χ0n) is 9.74. The first-order valence-electron chi connectivity index (χ1n) is 5.23. The maximum Gasteiger partial charge on any atom is 0.253 e. The highest BCUT2D eigenvalue weighted by Crippen LogP contribution is 2.32. The monoisotopic (exact) mass is 292 g/mol. The number of amides is 1. The van der Waals surface area contributed by atoms with Crippen LogP contribution >= 0.6 is 23.2 Å². The molecule has 0 heterocycles. The number of nitrogen functional groups attached to an aromatic ring is 1. The van der Waals surface area contributed by atoms with E-state index < -0.39 is 12.0 Å². The Kier molecular flexibility index (Phi) is 5.68. The van der Waals surface area contributed by atoms with E-state index in [2.05, 4.69) is 5.32 Å². The van der Waals surface area contributed by atoms with E-state index in [4.69, 9.17) is 38.8 Å². The minimum Gasteiger partial charge on any atom is -0.397 e. The fourth-order valence-electron chi connectivity index (χ4n) is 1.26. The molecule has 1 rings (SSSR count). The second-order valence-corrected chi connectivity index (χ2v) is 4.42. The smallest absolute Gasteiger partial charge is 0.253 e. The minimum absolute atomic E-state index is 0.0818. The molecule has 0 spiro atoms. The predicted octanol–water partition coefficient (Wildman–Crippen LogP) is 1.91. The summed E-state index contributed by atoms with van der Waals surface area (Å²) in [5, 5.41) is 11.8. The number of carbonyl (C=O) groups is 1. The predicted molar refractivity (Wildman–Crippen MR) is 72.0 cm³/mol. The second kappa shape index (κ2) is 6.80. The van der Waals surface area contributed by atoms with Crippen molar-refractivity contribution in [1.82, 2.24) is 0 Å². The van der Waals surface area contributed by atoms with Crippen molar-refractivity contribution in [2.24, 2.45) is 0 Å². The molecule has 0 aliphatic heterocycles. The van der Waals surface area contributed by atoms with Gasteiger partial charge in [0.2, 0.25) is 0 Å². The van der Waals surface area contributed by atoms with Crippen LogP contribution in [0.3, 0.4) is 0 Å². The van der Waals surface area contributed by atoms with Crippen molar-refractivity contribution in [1.29, 1.82) is 0 Å². The van der Waals surface area contributed by atoms with Crippen molar-refractivity contribution >= 4 is 40.5 Å². The summed E-state index contributed by atoms with van der Waals surface area (Å²) in [6.07, 6.45) is -0.719. The summed E-state index contributed by atoms with van der Waals surface area (Å²) in [7, 11) is 0. The number of benzene rings is 1. The largest absolute Gasteiger partial charge is 0.397 e. The first-order chi connectivity index (χ1) is 8.45. The number of hydrogen-bond acceptors (Lipinski definition) is 4. The van der Waals surface area contributed by atoms with Gasteiger partial charge in [-0.25, -0.2) is 0 Å². The first kappa shape index (κ1) is 15.0. The number of ether oxygens (including phenoxy) is 1. The second-order valence-electron chi connectivity index (χ2n) is 3.58. The normalized spacial score (nSPS) is 12.2. The van der Waals surface area contributed by atoms with E-state index in [9.17, 15) is 4.79 Å². The van der Waals surface area contributed by atoms with Crippen molar-refractivity contribution in [2.45, 2.75) is 13.0 Å². The number of halogens is 2. The highest BCUT2D eigenvalue weighted by atomic mass is 35.5. The first-order valence-corrected chi connectivity index (χ1v) is 5.99. The summed E-state index contributed by atoms with van der Waals surface area (Å²) in [4.78, 5) is 11.7. The molecule has 1 atom stereocenters. The van der Waals surface area contributed by atoms with Gasteiger partial charge in [-0.05, 0) is 19.1 Å². The Morgan fingerprint density at radius 2 is 2.22 bits per heavy atom. The number of anilines is 2. The molecule has 1 unspecified atom stereocenters. The molecular weight excluding hydrogens is 279 g/mol. The summed E-state index contributed by atoms with van der Waals surface area (Å²) in [6, 6.07) is 2.97. The molecule has 0 fully saturated rings. The Labute approximate surface area is 115 Å². The maximum absolute atomic E-state index is 11.7. The standard InChI is InChI=1S/C11H14Cl2N2O3/c1-6(18-3-2-16)11(17)15-10-8(13)4-7(12)5-9(10)14/h4-6,16H,2-3,14H2,1H3,(H,15,17). The third kappa shape index (κ3) is 4.03. The molecule has 0 bridgehead atoms. The molecule has 0 saturated heterocycles. The highest BCUT2D eigenvalue weighted by Gasteiger charge is 2.16. The Balaban J connectivity index is 2.76. The van der Waals surface area contributed by atoms with Crippen LogP contribution in [-0.4, -0.2) is 30.3 Å². The number of carbonyl (C=O) groups excluding carboxylic acids is 1. The van der Waals surface area contributed by atoms with Crippen LogP contribution in [0.5, 0.6) is 0 Å². The topological polar surface area (TPSA) is 84.6 Å². The molecule has 1 aromatic rings. The molecule has 100 valence electrons. The third-order valence-electron chi connectivity index (χ3n) is 2.16. The van der Waals surface area contributed by atoms with E-state index in [0.717, 1.165) is 0 Å². The minimum atomic E-state index is -0.719. The Morgan fingerprint density at radius 1 is 1.56 bits per heavy atom. The number of nitrogens with one attached hydrogen (secondary N) is 1. The van der Waals surface area contributed by atoms with Gasteiger partial charge in [-0.2, -0.15) is 0 Å². The lowest BCUT2D eigenvalue weighted by molar-refractivity contribution is -0.126. The third-order valence-corrected chi connectivity index (χ3v) is 2.68. The molecule has 1 amide bonds. The molecule has 0 radical (unpaired) electrons. The van der Waals surface area contributed by atoms with E-state index in [1.54, 1.807) is 6.92 Å². The van der Waals surface area contributed by atoms with Crippen LogP contribution in [0.1, 0.15) is 6.92 Å². The van der Waals surface area contributed by atoms with Crippen molar-refractivity contribution in [3.8, 4) is 0 Å². The number of hydrogen-bond donors (Lipinski definition) is 3. The highest BCUT2D eigenvalue weighted by molar-refractivity contribution is 6.37. The SMILES string of the molecule is CC(OCCO)C(=O)Nc1c(N)cc(Cl)cc1Cl. The average Bonchev–Trinajstić information content (AvgIpc) is 2.30. The van der Waals surface area contributed by atoms with Gasteiger partial charge in [0.1, 0.15) is 6.10 Å². The fourth-order valence-corrected chi connectivity index (χ4v) is 1.81. The number of nitrogens with two attached hydrogens (primary N) is 1. The van der Waals surface area contributed by atoms with Crippen LogP contribution in [0.2, 0.25) is 10.0 Å². The van der Waals surface area contributed by atoms with Crippen LogP contribution in [-0.2, 0) is 9.53 Å². The maximum atomic E-state index is 11.7. The summed E-state index contributed by atoms with van der Waals surface area (Å²) >= 11 is 11.7. The van der Waals surface area contributed by atoms with Gasteiger partial charge in [-0.3, -0.25) is 4.79 Å². The molecule has 0 aromatic heterocycles. The molecule has 5 nitrogen and oxygen atoms in total. The lowest BCUT2D eigenvalue weighted by Crippen LogP contribution is -2.29. The van der Waals surface area contributed by atoms with Gasteiger partial charge in [0, 0.05) is 5.02 Å². The summed E-state index contributed by atoms with van der Waals surface area (Å²) in [5.41, 5.74) is 6.28. The van der Waals surface area contributed by atoms with Gasteiger partial charge in [0.25, 0.3) is 5.91 Å². The molecule has 0 aliphatic carbocycles. The van der Waals surface area contributed by atoms with Crippen LogP contribution in [0.4, 0.5) is 11.4 Å². The van der Waals surface area contributed by atoms with Gasteiger partial charge >= 0.3 is 0 Å². The van der Waals surface area contributed by atoms with E-state index in [0.29, 0.717) is 10.7 Å². The van der Waals surface area contributed by atoms with Gasteiger partial charge < -0.3 is 20.9 Å². The van der Waals surface area contributed by atoms with E-state index in [1.807, 2.05) is 0 Å². The molecule has 0 aliphatic rings. The Bertz CT molecular complexity index is 417. The molecule has 1 aromatic carbocycles. The summed E-state index contributed by atoms with van der Waals surface area (Å²) in [5.74, 6) is -0.403. The van der Waals surface area contributed by atoms with Crippen molar-refractivity contribution in [3.63, 3.8) is 0 Å². The van der Waals surface area contributed by atoms with E-state index in [1.165, 1.54) is 12.1 Å². The van der Waals surface area contributed by atoms with E-state index >= 15 is 0 Å². The quantitative estimate of drug-likeness (QED) is 0.724. The van der Waals surface area contributed by atoms with Gasteiger partial charge in [-0.15, -0.1) is 0 Å². The molecule has 0 saturated carbocycles. The van der Waals surface area contributed by atoms with E-state index in [-0.39, 0.29) is 23.9 Å². The summed E-state index contributed by atoms with van der Waals surface area (Å²) < 4.78 is 5.06. The Morgan fingerprint density at radius 3 is 2.78 bits per heavy atom. The molecule has 7 heteroatoms. The number of rotatable bonds is 5. The zero-order valence-corrected chi connectivity index (χ0v) is 11.3. The lowest BCUT2D eigenvalue weighted by Gasteiger charge is -2.15. The van der Waals surface area contributed by atoms with Crippen molar-refractivity contribution in [3.05, 3.63) is 22.2 Å². The van der Waals surface area contributed by atoms with Crippen LogP contribution < -0.4 is 11.1 Å². The summed E-state index contributed by atoms with van der Waals surface area (Å²) in [6.45, 7) is 1.49. The number of aliphatic hydroxyl groups is 1. The average molecular weight is 293 g/mol. The molecule has 4 N–H and O–H groups in total. The Hall–Kier alpha value is -1.01. The van der Waals surface area contributed by atoms with Gasteiger partial charge in [-0.1, -0.05) is 23.2 Å². The van der Waals surface area contributed by atoms with Crippen LogP contribution in [0.25, 0.3) is 0 Å². The molecule has 18 heavy (non-hydrogen) atoms. The van der Waals surface area contributed by atoms with Crippen LogP contribution in [0, 0.1) is 0 Å². The van der Waals surface area contributed by atoms with Crippen LogP contribution in [0.15, 0.2) is 12.1 Å². The fraction of sp³-hybridized carbons (Fsp3) is 0.364. The van der Waals surface area contributed by atoms with Gasteiger partial charge in [0.15, 0.2) is 0 Å². The van der Waals surface area contributed by atoms with Crippen molar-refractivity contribution in [2.75, 3.05) is 24.3 Å². The van der Waals surface area contributed by atoms with Gasteiger partial charge in [0.05, 0.1) is 29.6 Å². The van der Waals surface area contributed by atoms with Crippen molar-refractivity contribution < 1.29 is 14.6 Å². The molecular formula is C11H14Cl2N2O3. The lowest BCUT2D eigenvalue weighted by atomic mass is 10.2.